The van der Waals surface area contributed by atoms with Gasteiger partial charge >= 0.3 is 0 Å². The molecule has 2 aromatic rings. The van der Waals surface area contributed by atoms with Crippen LogP contribution < -0.4 is 15.5 Å². The average Bonchev–Trinajstić information content (AvgIpc) is 2.70. The summed E-state index contributed by atoms with van der Waals surface area (Å²) in [6.07, 6.45) is 1.89. The fraction of sp³-hybridized carbons (Fsp3) is 0.300. The summed E-state index contributed by atoms with van der Waals surface area (Å²) in [5.41, 5.74) is 3.05. The van der Waals surface area contributed by atoms with Gasteiger partial charge in [-0.05, 0) is 42.7 Å². The number of amides is 2. The molecule has 1 atom stereocenters. The molecule has 0 unspecified atom stereocenters. The number of benzene rings is 2. The standard InChI is InChI=1S/C20H24N2O4/c1-2-17(21-19(23)13-8-15-6-4-3-5-7-15)14-26-18-11-9-16(10-12-18)20(24)22-25/h3-7,9-12,17,25H,2,8,13-14H2,1H3,(H,21,23)(H,22,24)/t17-/m0/s1. The van der Waals surface area contributed by atoms with E-state index in [1.165, 1.54) is 0 Å². The van der Waals surface area contributed by atoms with E-state index >= 15 is 0 Å². The molecule has 0 bridgehead atoms. The third-order valence-electron chi connectivity index (χ3n) is 4.01. The number of rotatable bonds is 9. The van der Waals surface area contributed by atoms with Gasteiger partial charge in [-0.1, -0.05) is 37.3 Å². The molecule has 26 heavy (non-hydrogen) atoms. The van der Waals surface area contributed by atoms with E-state index in [2.05, 4.69) is 5.32 Å². The molecule has 2 amide bonds. The number of hydroxylamine groups is 1. The minimum Gasteiger partial charge on any atom is -0.491 e. The fourth-order valence-electron chi connectivity index (χ4n) is 2.43. The van der Waals surface area contributed by atoms with Crippen LogP contribution >= 0.6 is 0 Å². The lowest BCUT2D eigenvalue weighted by Gasteiger charge is -2.18. The van der Waals surface area contributed by atoms with Crippen LogP contribution in [-0.2, 0) is 11.2 Å². The van der Waals surface area contributed by atoms with Gasteiger partial charge in [-0.3, -0.25) is 14.8 Å². The maximum atomic E-state index is 12.1. The number of carbonyl (C=O) groups excluding carboxylic acids is 2. The molecule has 138 valence electrons. The van der Waals surface area contributed by atoms with Crippen molar-refractivity contribution in [2.45, 2.75) is 32.2 Å². The van der Waals surface area contributed by atoms with Crippen molar-refractivity contribution in [3.05, 3.63) is 65.7 Å². The smallest absolute Gasteiger partial charge is 0.274 e. The van der Waals surface area contributed by atoms with E-state index in [1.54, 1.807) is 29.7 Å². The Morgan fingerprint density at radius 1 is 1.08 bits per heavy atom. The number of carbonyl (C=O) groups is 2. The molecule has 6 heteroatoms. The molecule has 0 aliphatic carbocycles. The van der Waals surface area contributed by atoms with Crippen molar-refractivity contribution >= 4 is 11.8 Å². The van der Waals surface area contributed by atoms with Crippen LogP contribution in [0.4, 0.5) is 0 Å². The summed E-state index contributed by atoms with van der Waals surface area (Å²) >= 11 is 0. The first-order chi connectivity index (χ1) is 12.6. The molecule has 2 rings (SSSR count). The lowest BCUT2D eigenvalue weighted by Crippen LogP contribution is -2.38. The van der Waals surface area contributed by atoms with Gasteiger partial charge in [-0.2, -0.15) is 0 Å². The van der Waals surface area contributed by atoms with E-state index < -0.39 is 5.91 Å². The minimum atomic E-state index is -0.575. The Hall–Kier alpha value is -2.86. The highest BCUT2D eigenvalue weighted by atomic mass is 16.5. The number of aryl methyl sites for hydroxylation is 1. The zero-order chi connectivity index (χ0) is 18.8. The van der Waals surface area contributed by atoms with Crippen LogP contribution in [0.5, 0.6) is 5.75 Å². The number of hydrogen-bond donors (Lipinski definition) is 3. The summed E-state index contributed by atoms with van der Waals surface area (Å²) in [6.45, 7) is 2.33. The monoisotopic (exact) mass is 356 g/mol. The Labute approximate surface area is 153 Å². The van der Waals surface area contributed by atoms with E-state index in [1.807, 2.05) is 37.3 Å². The molecule has 0 saturated carbocycles. The SMILES string of the molecule is CC[C@@H](COc1ccc(C(=O)NO)cc1)NC(=O)CCc1ccccc1. The molecule has 6 nitrogen and oxygen atoms in total. The van der Waals surface area contributed by atoms with Crippen molar-refractivity contribution in [3.63, 3.8) is 0 Å². The number of hydrogen-bond acceptors (Lipinski definition) is 4. The third kappa shape index (κ3) is 6.22. The molecule has 0 fully saturated rings. The van der Waals surface area contributed by atoms with Crippen molar-refractivity contribution < 1.29 is 19.5 Å². The van der Waals surface area contributed by atoms with Gasteiger partial charge in [-0.15, -0.1) is 0 Å². The lowest BCUT2D eigenvalue weighted by atomic mass is 10.1. The summed E-state index contributed by atoms with van der Waals surface area (Å²) < 4.78 is 5.68. The summed E-state index contributed by atoms with van der Waals surface area (Å²) in [5.74, 6) is 0.0180. The predicted molar refractivity (Wildman–Crippen MR) is 98.2 cm³/mol. The Morgan fingerprint density at radius 2 is 1.77 bits per heavy atom. The van der Waals surface area contributed by atoms with Gasteiger partial charge < -0.3 is 10.1 Å². The second-order valence-corrected chi connectivity index (χ2v) is 5.93. The molecule has 0 radical (unpaired) electrons. The quantitative estimate of drug-likeness (QED) is 0.476. The van der Waals surface area contributed by atoms with Crippen LogP contribution in [-0.4, -0.2) is 29.7 Å². The largest absolute Gasteiger partial charge is 0.491 e. The van der Waals surface area contributed by atoms with Crippen molar-refractivity contribution in [1.29, 1.82) is 0 Å². The third-order valence-corrected chi connectivity index (χ3v) is 4.01. The van der Waals surface area contributed by atoms with Gasteiger partial charge in [0.05, 0.1) is 6.04 Å². The second-order valence-electron chi connectivity index (χ2n) is 5.93. The highest BCUT2D eigenvalue weighted by Crippen LogP contribution is 2.13. The highest BCUT2D eigenvalue weighted by molar-refractivity contribution is 5.93. The summed E-state index contributed by atoms with van der Waals surface area (Å²) in [7, 11) is 0. The molecule has 0 aliphatic heterocycles. The van der Waals surface area contributed by atoms with E-state index in [9.17, 15) is 9.59 Å². The molecule has 3 N–H and O–H groups in total. The fourth-order valence-corrected chi connectivity index (χ4v) is 2.43. The van der Waals surface area contributed by atoms with Crippen LogP contribution in [0.1, 0.15) is 35.7 Å². The van der Waals surface area contributed by atoms with E-state index in [-0.39, 0.29) is 11.9 Å². The van der Waals surface area contributed by atoms with Crippen molar-refractivity contribution in [2.24, 2.45) is 0 Å². The van der Waals surface area contributed by atoms with Crippen LogP contribution in [0.25, 0.3) is 0 Å². The summed E-state index contributed by atoms with van der Waals surface area (Å²) in [5, 5.41) is 11.6. The van der Waals surface area contributed by atoms with Crippen molar-refractivity contribution in [1.82, 2.24) is 10.8 Å². The zero-order valence-electron chi connectivity index (χ0n) is 14.8. The molecule has 0 heterocycles. The molecule has 2 aromatic carbocycles. The van der Waals surface area contributed by atoms with Gasteiger partial charge in [-0.25, -0.2) is 5.48 Å². The Kier molecular flexibility index (Phi) is 7.64. The Bertz CT molecular complexity index is 702. The molecule has 0 spiro atoms. The van der Waals surface area contributed by atoms with Gasteiger partial charge in [0.15, 0.2) is 0 Å². The van der Waals surface area contributed by atoms with Crippen LogP contribution in [0.2, 0.25) is 0 Å². The van der Waals surface area contributed by atoms with Crippen LogP contribution in [0.15, 0.2) is 54.6 Å². The van der Waals surface area contributed by atoms with Gasteiger partial charge in [0, 0.05) is 12.0 Å². The Balaban J connectivity index is 1.77. The molecular weight excluding hydrogens is 332 g/mol. The summed E-state index contributed by atoms with van der Waals surface area (Å²) in [6, 6.07) is 16.2. The van der Waals surface area contributed by atoms with Crippen LogP contribution in [0, 0.1) is 0 Å². The van der Waals surface area contributed by atoms with Crippen molar-refractivity contribution in [3.8, 4) is 5.75 Å². The average molecular weight is 356 g/mol. The first-order valence-electron chi connectivity index (χ1n) is 8.63. The highest BCUT2D eigenvalue weighted by Gasteiger charge is 2.12. The normalized spacial score (nSPS) is 11.5. The first kappa shape index (κ1) is 19.5. The van der Waals surface area contributed by atoms with Gasteiger partial charge in [0.25, 0.3) is 5.91 Å². The van der Waals surface area contributed by atoms with E-state index in [0.29, 0.717) is 30.8 Å². The lowest BCUT2D eigenvalue weighted by molar-refractivity contribution is -0.122. The topological polar surface area (TPSA) is 87.7 Å². The van der Waals surface area contributed by atoms with Gasteiger partial charge in [0.2, 0.25) is 5.91 Å². The first-order valence-corrected chi connectivity index (χ1v) is 8.63. The summed E-state index contributed by atoms with van der Waals surface area (Å²) in [4.78, 5) is 23.4. The zero-order valence-corrected chi connectivity index (χ0v) is 14.8. The molecule has 0 saturated heterocycles. The Morgan fingerprint density at radius 3 is 2.38 bits per heavy atom. The number of ether oxygens (including phenoxy) is 1. The number of nitrogens with one attached hydrogen (secondary N) is 2. The van der Waals surface area contributed by atoms with Crippen LogP contribution in [0.3, 0.4) is 0 Å². The molecule has 0 aliphatic rings. The maximum absolute atomic E-state index is 12.1. The van der Waals surface area contributed by atoms with Gasteiger partial charge in [0.1, 0.15) is 12.4 Å². The minimum absolute atomic E-state index is 0.000678. The van der Waals surface area contributed by atoms with E-state index in [4.69, 9.17) is 9.94 Å². The molecule has 0 aromatic heterocycles. The predicted octanol–water partition coefficient (Wildman–Crippen LogP) is 2.71. The second kappa shape index (κ2) is 10.2. The molecular formula is C20H24N2O4. The van der Waals surface area contributed by atoms with Crippen molar-refractivity contribution in [2.75, 3.05) is 6.61 Å². The van der Waals surface area contributed by atoms with E-state index in [0.717, 1.165) is 12.0 Å². The maximum Gasteiger partial charge on any atom is 0.274 e.